The summed E-state index contributed by atoms with van der Waals surface area (Å²) in [5.74, 6) is 0. The smallest absolute Gasteiger partial charge is 0.485 e. The second-order valence-corrected chi connectivity index (χ2v) is 8.59. The fourth-order valence-corrected chi connectivity index (χ4v) is 4.62. The number of hydrogen-bond donors (Lipinski definition) is 0. The molecular formula is C14H10F3IO3S. The predicted octanol–water partition coefficient (Wildman–Crippen LogP) is -0.229. The summed E-state index contributed by atoms with van der Waals surface area (Å²) in [6, 6.07) is 17.7. The second kappa shape index (κ2) is 6.55. The van der Waals surface area contributed by atoms with Gasteiger partial charge in [-0.05, 0) is 12.1 Å². The number of benzene rings is 2. The van der Waals surface area contributed by atoms with Crippen molar-refractivity contribution in [1.29, 1.82) is 0 Å². The third kappa shape index (κ3) is 4.20. The van der Waals surface area contributed by atoms with E-state index in [0.29, 0.717) is 0 Å². The molecule has 0 aromatic heterocycles. The van der Waals surface area contributed by atoms with Crippen LogP contribution < -0.4 is 21.2 Å². The lowest BCUT2D eigenvalue weighted by Gasteiger charge is -2.08. The van der Waals surface area contributed by atoms with Gasteiger partial charge in [0.2, 0.25) is 0 Å². The van der Waals surface area contributed by atoms with E-state index in [4.69, 9.17) is 13.0 Å². The average molecular weight is 442 g/mol. The molecule has 118 valence electrons. The van der Waals surface area contributed by atoms with Crippen molar-refractivity contribution in [1.82, 2.24) is 0 Å². The first-order valence-corrected chi connectivity index (χ1v) is 9.58. The van der Waals surface area contributed by atoms with Crippen molar-refractivity contribution < 1.29 is 47.3 Å². The predicted molar refractivity (Wildman–Crippen MR) is 68.8 cm³/mol. The molecule has 0 unspecified atom stereocenters. The highest BCUT2D eigenvalue weighted by Gasteiger charge is 2.36. The molecule has 0 aliphatic carbocycles. The number of halogens is 4. The van der Waals surface area contributed by atoms with Crippen LogP contribution in [0.2, 0.25) is 0 Å². The lowest BCUT2D eigenvalue weighted by Crippen LogP contribution is -3.62. The van der Waals surface area contributed by atoms with Gasteiger partial charge in [0.05, 0.1) is 0 Å². The van der Waals surface area contributed by atoms with Crippen LogP contribution >= 0.6 is 0 Å². The van der Waals surface area contributed by atoms with E-state index >= 15 is 0 Å². The van der Waals surface area contributed by atoms with Crippen molar-refractivity contribution in [2.45, 2.75) is 11.9 Å². The second-order valence-electron chi connectivity index (χ2n) is 4.35. The molecule has 2 aromatic carbocycles. The molecule has 3 rings (SSSR count). The van der Waals surface area contributed by atoms with Gasteiger partial charge in [-0.25, -0.2) is 8.42 Å². The molecule has 1 aliphatic rings. The maximum Gasteiger partial charge on any atom is 0.485 e. The van der Waals surface area contributed by atoms with Crippen LogP contribution in [0.1, 0.15) is 11.1 Å². The maximum absolute atomic E-state index is 10.7. The SMILES string of the molecule is O=S(=O)([O-])C(F)(F)F.c1ccc2c(c1)Cc1ccccc1[I+]2. The van der Waals surface area contributed by atoms with Gasteiger partial charge in [-0.1, -0.05) is 36.4 Å². The van der Waals surface area contributed by atoms with Crippen LogP contribution in [0.3, 0.4) is 0 Å². The van der Waals surface area contributed by atoms with Crippen molar-refractivity contribution in [3.05, 3.63) is 66.8 Å². The summed E-state index contributed by atoms with van der Waals surface area (Å²) < 4.78 is 62.1. The molecule has 0 atom stereocenters. The summed E-state index contributed by atoms with van der Waals surface area (Å²) in [6.45, 7) is 0. The normalized spacial score (nSPS) is 13.5. The molecule has 0 radical (unpaired) electrons. The zero-order valence-corrected chi connectivity index (χ0v) is 13.9. The van der Waals surface area contributed by atoms with Gasteiger partial charge in [-0.15, -0.1) is 0 Å². The zero-order chi connectivity index (χ0) is 16.4. The third-order valence-electron chi connectivity index (χ3n) is 2.78. The number of hydrogen-bond acceptors (Lipinski definition) is 3. The summed E-state index contributed by atoms with van der Waals surface area (Å²) in [5.41, 5.74) is -2.56. The minimum absolute atomic E-state index is 0.0753. The van der Waals surface area contributed by atoms with Gasteiger partial charge < -0.3 is 4.55 Å². The van der Waals surface area contributed by atoms with E-state index in [1.54, 1.807) is 18.3 Å². The van der Waals surface area contributed by atoms with Crippen molar-refractivity contribution in [2.24, 2.45) is 0 Å². The summed E-state index contributed by atoms with van der Waals surface area (Å²) in [5, 5.41) is 0. The van der Waals surface area contributed by atoms with E-state index < -0.39 is 15.6 Å². The van der Waals surface area contributed by atoms with Crippen LogP contribution in [-0.4, -0.2) is 18.5 Å². The molecule has 0 saturated heterocycles. The van der Waals surface area contributed by atoms with Gasteiger partial charge in [-0.2, -0.15) is 13.2 Å². The minimum atomic E-state index is -6.09. The van der Waals surface area contributed by atoms with Gasteiger partial charge in [0, 0.05) is 17.5 Å². The summed E-state index contributed by atoms with van der Waals surface area (Å²) in [6.07, 6.45) is 1.13. The van der Waals surface area contributed by atoms with Gasteiger partial charge >= 0.3 is 26.7 Å². The molecule has 0 bridgehead atoms. The van der Waals surface area contributed by atoms with E-state index in [-0.39, 0.29) is 21.2 Å². The van der Waals surface area contributed by atoms with Crippen LogP contribution in [0, 0.1) is 7.14 Å². The summed E-state index contributed by atoms with van der Waals surface area (Å²) in [4.78, 5) is 0. The Balaban J connectivity index is 0.000000192. The standard InChI is InChI=1S/C13H10I.CHF3O3S/c1-3-7-12-10(5-1)9-11-6-2-4-8-13(11)14-12;2-1(3,4)8(5,6)7/h1-8H,9H2;(H,5,6,7)/q+1;/p-1. The third-order valence-corrected chi connectivity index (χ3v) is 6.62. The molecule has 0 spiro atoms. The number of rotatable bonds is 0. The van der Waals surface area contributed by atoms with E-state index in [1.165, 1.54) is 0 Å². The summed E-state index contributed by atoms with van der Waals surface area (Å²) >= 11 is 0.0753. The van der Waals surface area contributed by atoms with Crippen LogP contribution in [0.15, 0.2) is 48.5 Å². The zero-order valence-electron chi connectivity index (χ0n) is 11.0. The van der Waals surface area contributed by atoms with E-state index in [1.807, 2.05) is 0 Å². The van der Waals surface area contributed by atoms with Gasteiger partial charge in [0.15, 0.2) is 17.3 Å². The Labute approximate surface area is 136 Å². The molecule has 22 heavy (non-hydrogen) atoms. The molecular weight excluding hydrogens is 432 g/mol. The quantitative estimate of drug-likeness (QED) is 0.275. The lowest BCUT2D eigenvalue weighted by molar-refractivity contribution is -0.601. The molecule has 0 fully saturated rings. The van der Waals surface area contributed by atoms with E-state index in [9.17, 15) is 13.2 Å². The fourth-order valence-electron chi connectivity index (χ4n) is 1.78. The Kier molecular flexibility index (Phi) is 5.13. The van der Waals surface area contributed by atoms with Crippen LogP contribution in [0.4, 0.5) is 13.2 Å². The molecule has 8 heteroatoms. The number of alkyl halides is 3. The highest BCUT2D eigenvalue weighted by molar-refractivity contribution is 7.86. The highest BCUT2D eigenvalue weighted by Crippen LogP contribution is 2.20. The van der Waals surface area contributed by atoms with Crippen LogP contribution in [-0.2, 0) is 16.5 Å². The molecule has 0 N–H and O–H groups in total. The fraction of sp³-hybridized carbons (Fsp3) is 0.143. The van der Waals surface area contributed by atoms with Crippen molar-refractivity contribution in [3.8, 4) is 0 Å². The first kappa shape index (κ1) is 17.2. The van der Waals surface area contributed by atoms with E-state index in [0.717, 1.165) is 6.42 Å². The molecule has 3 nitrogen and oxygen atoms in total. The van der Waals surface area contributed by atoms with Gasteiger partial charge in [0.1, 0.15) is 0 Å². The summed E-state index contributed by atoms with van der Waals surface area (Å²) in [7, 11) is -6.09. The average Bonchev–Trinajstić information content (AvgIpc) is 2.43. The first-order valence-electron chi connectivity index (χ1n) is 6.01. The Morgan fingerprint density at radius 1 is 0.909 bits per heavy atom. The molecule has 1 aliphatic heterocycles. The first-order chi connectivity index (χ1) is 10.2. The topological polar surface area (TPSA) is 57.2 Å². The molecule has 1 heterocycles. The Morgan fingerprint density at radius 2 is 1.27 bits per heavy atom. The van der Waals surface area contributed by atoms with Crippen LogP contribution in [0.25, 0.3) is 0 Å². The number of fused-ring (bicyclic) bond motifs is 2. The van der Waals surface area contributed by atoms with Crippen molar-refractivity contribution in [2.75, 3.05) is 0 Å². The minimum Gasteiger partial charge on any atom is -0.741 e. The molecule has 2 aromatic rings. The van der Waals surface area contributed by atoms with Crippen molar-refractivity contribution in [3.63, 3.8) is 0 Å². The Hall–Kier alpha value is -1.13. The molecule has 0 saturated carbocycles. The maximum atomic E-state index is 10.7. The Bertz CT molecular complexity index is 685. The molecule has 0 amide bonds. The monoisotopic (exact) mass is 442 g/mol. The van der Waals surface area contributed by atoms with E-state index in [2.05, 4.69) is 48.5 Å². The van der Waals surface area contributed by atoms with Crippen molar-refractivity contribution >= 4 is 10.1 Å². The van der Waals surface area contributed by atoms with Gasteiger partial charge in [-0.3, -0.25) is 0 Å². The van der Waals surface area contributed by atoms with Crippen LogP contribution in [0.5, 0.6) is 0 Å². The van der Waals surface area contributed by atoms with Gasteiger partial charge in [0.25, 0.3) is 0 Å². The Morgan fingerprint density at radius 3 is 1.64 bits per heavy atom. The highest BCUT2D eigenvalue weighted by atomic mass is 127. The largest absolute Gasteiger partial charge is 0.741 e. The lowest BCUT2D eigenvalue weighted by atomic mass is 10.1.